The first-order valence-electron chi connectivity index (χ1n) is 35.8. The summed E-state index contributed by atoms with van der Waals surface area (Å²) in [5.74, 6) is 0.299. The summed E-state index contributed by atoms with van der Waals surface area (Å²) in [6, 6.07) is 42.4. The maximum Gasteiger partial charge on any atom is 0.147 e. The van der Waals surface area contributed by atoms with Crippen molar-refractivity contribution in [3.63, 3.8) is 0 Å². The Morgan fingerprint density at radius 3 is 0.833 bits per heavy atom. The highest BCUT2D eigenvalue weighted by atomic mass is 28.3. The van der Waals surface area contributed by atoms with E-state index in [-0.39, 0.29) is 24.7 Å². The minimum atomic E-state index is -2.02. The predicted molar refractivity (Wildman–Crippen MR) is 421 cm³/mol. The molecule has 0 unspecified atom stereocenters. The number of aromatic nitrogens is 2. The van der Waals surface area contributed by atoms with Crippen molar-refractivity contribution >= 4 is 96.7 Å². The lowest BCUT2D eigenvalue weighted by Gasteiger charge is -2.36. The largest absolute Gasteiger partial charge is 0.505 e. The molecule has 10 rings (SSSR count). The van der Waals surface area contributed by atoms with Crippen LogP contribution in [-0.4, -0.2) is 64.9 Å². The number of aromatic hydroxyl groups is 2. The van der Waals surface area contributed by atoms with Crippen molar-refractivity contribution in [2.45, 2.75) is 222 Å². The lowest BCUT2D eigenvalue weighted by molar-refractivity contribution is 0.265. The Labute approximate surface area is 577 Å². The summed E-state index contributed by atoms with van der Waals surface area (Å²) in [5.41, 5.74) is 14.6. The van der Waals surface area contributed by atoms with Gasteiger partial charge in [0.15, 0.2) is 0 Å². The van der Waals surface area contributed by atoms with Gasteiger partial charge in [0.1, 0.15) is 34.6 Å². The van der Waals surface area contributed by atoms with Gasteiger partial charge in [-0.15, -0.1) is 0 Å². The smallest absolute Gasteiger partial charge is 0.147 e. The van der Waals surface area contributed by atoms with Gasteiger partial charge < -0.3 is 28.8 Å². The average molecular weight is 1360 g/mol. The molecule has 0 saturated carbocycles. The molecular weight excluding hydrogens is 1250 g/mol. The molecule has 0 atom stereocenters. The third kappa shape index (κ3) is 12.3. The highest BCUT2D eigenvalue weighted by Gasteiger charge is 2.41. The molecule has 0 aliphatic rings. The zero-order valence-corrected chi connectivity index (χ0v) is 66.4. The number of hydrogen-bond acceptors (Lipinski definition) is 4. The van der Waals surface area contributed by atoms with Gasteiger partial charge >= 0.3 is 0 Å². The minimum Gasteiger partial charge on any atom is -0.505 e. The van der Waals surface area contributed by atoms with Crippen LogP contribution in [0.5, 0.6) is 23.0 Å². The highest BCUT2D eigenvalue weighted by molar-refractivity contribution is 6.94. The van der Waals surface area contributed by atoms with Gasteiger partial charge in [0.05, 0.1) is 79.0 Å². The van der Waals surface area contributed by atoms with Crippen molar-refractivity contribution in [3.05, 3.63) is 155 Å². The molecule has 0 aliphatic heterocycles. The Bertz CT molecular complexity index is 4100. The van der Waals surface area contributed by atoms with E-state index in [0.717, 1.165) is 54.7 Å². The highest BCUT2D eigenvalue weighted by Crippen LogP contribution is 2.48. The molecule has 10 aromatic rings. The molecule has 0 bridgehead atoms. The van der Waals surface area contributed by atoms with Gasteiger partial charge in [0.2, 0.25) is 0 Å². The molecule has 2 aromatic heterocycles. The van der Waals surface area contributed by atoms with E-state index in [1.807, 2.05) is 39.8 Å². The first-order valence-corrected chi connectivity index (χ1v) is 46.4. The summed E-state index contributed by atoms with van der Waals surface area (Å²) in [6.07, 6.45) is 1.16. The van der Waals surface area contributed by atoms with Crippen LogP contribution in [0.3, 0.4) is 0 Å². The summed E-state index contributed by atoms with van der Waals surface area (Å²) < 4.78 is 50.1. The molecule has 0 saturated heterocycles. The third-order valence-electron chi connectivity index (χ3n) is 24.7. The van der Waals surface area contributed by atoms with Gasteiger partial charge in [-0.2, -0.15) is 0 Å². The number of nitrogens with zero attached hydrogens (tertiary/aromatic N) is 2. The third-order valence-corrected chi connectivity index (χ3v) is 50.1. The van der Waals surface area contributed by atoms with Crippen LogP contribution in [0, 0.1) is 39.3 Å². The van der Waals surface area contributed by atoms with E-state index in [4.69, 9.17) is 9.47 Å². The molecule has 0 fully saturated rings. The van der Waals surface area contributed by atoms with Crippen LogP contribution in [0.15, 0.2) is 121 Å². The van der Waals surface area contributed by atoms with E-state index in [1.54, 1.807) is 0 Å². The average Bonchev–Trinajstić information content (AvgIpc) is 1.55. The molecule has 6 nitrogen and oxygen atoms in total. The Kier molecular flexibility index (Phi) is 20.4. The summed E-state index contributed by atoms with van der Waals surface area (Å²) in [4.78, 5) is 0. The number of hydrogen-bond donors (Lipinski definition) is 2. The van der Waals surface area contributed by atoms with E-state index in [2.05, 4.69) is 231 Å². The van der Waals surface area contributed by atoms with Gasteiger partial charge in [-0.1, -0.05) is 206 Å². The van der Waals surface area contributed by atoms with Crippen molar-refractivity contribution in [2.24, 2.45) is 0 Å². The quantitative estimate of drug-likeness (QED) is 0.0495. The van der Waals surface area contributed by atoms with E-state index in [0.29, 0.717) is 113 Å². The number of benzene rings is 8. The van der Waals surface area contributed by atoms with E-state index >= 15 is 8.78 Å². The second-order valence-corrected chi connectivity index (χ2v) is 53.7. The fourth-order valence-electron chi connectivity index (χ4n) is 16.3. The van der Waals surface area contributed by atoms with E-state index < -0.39 is 43.9 Å². The predicted octanol–water partition coefficient (Wildman–Crippen LogP) is 22.8. The number of rotatable bonds is 23. The summed E-state index contributed by atoms with van der Waals surface area (Å²) in [5, 5.41) is 36.2. The van der Waals surface area contributed by atoms with Crippen molar-refractivity contribution in [1.29, 1.82) is 0 Å². The molecular formula is C84H110F2N2O4Si4. The number of halogens is 2. The molecule has 96 heavy (non-hydrogen) atoms. The molecule has 2 N–H and O–H groups in total. The first kappa shape index (κ1) is 72.0. The molecule has 8 aromatic carbocycles. The molecule has 0 spiro atoms. The fraction of sp³-hybridized carbons (Fsp3) is 0.429. The van der Waals surface area contributed by atoms with Crippen LogP contribution in [0.1, 0.15) is 146 Å². The Morgan fingerprint density at radius 2 is 0.594 bits per heavy atom. The SMILES string of the molecule is Cc1cc(-c2cc(F)cc(C)c2OCCCCOc2c(C)cc(F)cc2-c2cc(C)cc(-n3c4cc([Si](C)(C(C)C)C(C)C)ccc4c4ccc([Si](C)(C(C)C)C(C)C)cc43)c2O)c(O)c(-n2c3cc([Si](C)(C(C)C)C(C)C)ccc3c3ccc([Si](C)(C(C)C)C(C)C)cc32)c1. The van der Waals surface area contributed by atoms with Crippen LogP contribution in [0.25, 0.3) is 77.2 Å². The van der Waals surface area contributed by atoms with Crippen LogP contribution in [0.2, 0.25) is 70.5 Å². The van der Waals surface area contributed by atoms with Gasteiger partial charge in [-0.25, -0.2) is 8.78 Å². The Morgan fingerprint density at radius 1 is 0.344 bits per heavy atom. The lowest BCUT2D eigenvalue weighted by Crippen LogP contribution is -2.50. The van der Waals surface area contributed by atoms with Crippen molar-refractivity contribution in [3.8, 4) is 56.6 Å². The normalized spacial score (nSPS) is 13.1. The minimum absolute atomic E-state index is 0.0594. The summed E-state index contributed by atoms with van der Waals surface area (Å²) in [7, 11) is -8.07. The monoisotopic (exact) mass is 1360 g/mol. The van der Waals surface area contributed by atoms with Crippen molar-refractivity contribution in [1.82, 2.24) is 9.13 Å². The topological polar surface area (TPSA) is 68.8 Å². The van der Waals surface area contributed by atoms with Crippen molar-refractivity contribution in [2.75, 3.05) is 13.2 Å². The van der Waals surface area contributed by atoms with Gasteiger partial charge in [-0.3, -0.25) is 0 Å². The maximum atomic E-state index is 16.0. The number of aryl methyl sites for hydroxylation is 4. The molecule has 2 heterocycles. The molecule has 12 heteroatoms. The molecule has 0 radical (unpaired) electrons. The van der Waals surface area contributed by atoms with Gasteiger partial charge in [-0.05, 0) is 180 Å². The summed E-state index contributed by atoms with van der Waals surface area (Å²) >= 11 is 0. The standard InChI is InChI=1S/C84H110F2N2O4Si4/c1-49(2)93(21,50(3)4)63-27-31-67-68-32-28-64(94(22,51(5)6)52(7)8)46-76(68)87(75(67)45-63)79-39-57(17)37-71(81(79)89)73-43-61(85)41-59(19)83(73)91-35-25-26-36-92-84-60(20)42-62(86)44-74(84)72-38-58(18)40-80(82(72)90)88-77-47-65(95(23,53(9)10)54(11)12)29-33-69(77)70-34-30-66(48-78(70)88)96(24,55(13)14)56(15)16/h27-34,37-56,89-90H,25-26,35-36H2,1-24H3. The molecule has 0 aliphatic carbocycles. The van der Waals surface area contributed by atoms with E-state index in [9.17, 15) is 10.2 Å². The van der Waals surface area contributed by atoms with E-state index in [1.165, 1.54) is 45.0 Å². The summed E-state index contributed by atoms with van der Waals surface area (Å²) in [6.45, 7) is 56.4. The maximum absolute atomic E-state index is 16.0. The zero-order valence-electron chi connectivity index (χ0n) is 62.4. The molecule has 0 amide bonds. The van der Waals surface area contributed by atoms with Crippen LogP contribution >= 0.6 is 0 Å². The number of ether oxygens (including phenoxy) is 2. The Balaban J connectivity index is 0.995. The number of unbranched alkanes of at least 4 members (excludes halogenated alkanes) is 1. The van der Waals surface area contributed by atoms with Crippen LogP contribution < -0.4 is 30.2 Å². The van der Waals surface area contributed by atoms with Crippen molar-refractivity contribution < 1.29 is 28.5 Å². The van der Waals surface area contributed by atoms with Crippen LogP contribution in [-0.2, 0) is 0 Å². The Hall–Kier alpha value is -6.71. The second-order valence-electron chi connectivity index (χ2n) is 31.9. The number of fused-ring (bicyclic) bond motifs is 6. The zero-order chi connectivity index (χ0) is 70.3. The fourth-order valence-corrected chi connectivity index (χ4v) is 30.5. The number of phenols is 2. The lowest BCUT2D eigenvalue weighted by atomic mass is 9.97. The first-order chi connectivity index (χ1) is 45.0. The second kappa shape index (κ2) is 27.2. The van der Waals surface area contributed by atoms with Gasteiger partial charge in [0.25, 0.3) is 0 Å². The van der Waals surface area contributed by atoms with Crippen LogP contribution in [0.4, 0.5) is 8.78 Å². The number of phenolic OH excluding ortho intramolecular Hbond substituents is 2. The van der Waals surface area contributed by atoms with Gasteiger partial charge in [0, 0.05) is 43.8 Å². The molecule has 510 valence electrons.